The van der Waals surface area contributed by atoms with Crippen LogP contribution in [0.2, 0.25) is 0 Å². The molecule has 0 bridgehead atoms. The molecule has 3 N–H and O–H groups in total. The molecule has 0 saturated heterocycles. The lowest BCUT2D eigenvalue weighted by Gasteiger charge is -2.10. The quantitative estimate of drug-likeness (QED) is 0.744. The monoisotopic (exact) mass is 296 g/mol. The molecule has 20 heavy (non-hydrogen) atoms. The molecule has 0 spiro atoms. The van der Waals surface area contributed by atoms with Crippen LogP contribution in [0, 0.1) is 5.92 Å². The average Bonchev–Trinajstić information content (AvgIpc) is 3.16. The zero-order valence-electron chi connectivity index (χ0n) is 11.0. The van der Waals surface area contributed by atoms with Crippen LogP contribution in [0.25, 0.3) is 0 Å². The predicted octanol–water partition coefficient (Wildman–Crippen LogP) is 1.69. The highest BCUT2D eigenvalue weighted by molar-refractivity contribution is 7.18. The molecular weight excluding hydrogens is 280 g/mol. The Balaban J connectivity index is 1.95. The minimum atomic E-state index is -1.06. The van der Waals surface area contributed by atoms with Crippen molar-refractivity contribution in [1.82, 2.24) is 5.32 Å². The van der Waals surface area contributed by atoms with Gasteiger partial charge in [-0.25, -0.2) is 4.79 Å². The molecule has 6 nitrogen and oxygen atoms in total. The van der Waals surface area contributed by atoms with Gasteiger partial charge in [0.25, 0.3) is 5.91 Å². The third-order valence-electron chi connectivity index (χ3n) is 3.04. The predicted molar refractivity (Wildman–Crippen MR) is 74.9 cm³/mol. The van der Waals surface area contributed by atoms with Crippen molar-refractivity contribution in [2.24, 2.45) is 5.92 Å². The lowest BCUT2D eigenvalue weighted by atomic mass is 10.2. The number of rotatable bonds is 6. The number of nitrogens with one attached hydrogen (secondary N) is 2. The number of anilines is 1. The summed E-state index contributed by atoms with van der Waals surface area (Å²) in [5.41, 5.74) is 0. The van der Waals surface area contributed by atoms with Crippen LogP contribution in [0.3, 0.4) is 0 Å². The summed E-state index contributed by atoms with van der Waals surface area (Å²) >= 11 is 1.14. The van der Waals surface area contributed by atoms with Crippen LogP contribution >= 0.6 is 11.3 Å². The lowest BCUT2D eigenvalue weighted by molar-refractivity contribution is -0.139. The summed E-state index contributed by atoms with van der Waals surface area (Å²) in [4.78, 5) is 34.7. The second-order valence-electron chi connectivity index (χ2n) is 4.70. The van der Waals surface area contributed by atoms with Gasteiger partial charge in [-0.3, -0.25) is 9.59 Å². The van der Waals surface area contributed by atoms with E-state index in [4.69, 9.17) is 5.11 Å². The first-order chi connectivity index (χ1) is 9.51. The largest absolute Gasteiger partial charge is 0.480 e. The number of thiophene rings is 1. The number of carbonyl (C=O) groups is 3. The van der Waals surface area contributed by atoms with E-state index in [0.717, 1.165) is 24.2 Å². The van der Waals surface area contributed by atoms with Crippen LogP contribution in [0.15, 0.2) is 12.1 Å². The van der Waals surface area contributed by atoms with Crippen molar-refractivity contribution in [3.8, 4) is 0 Å². The molecule has 1 aromatic rings. The SMILES string of the molecule is CC[C@H](NC(=O)c1ccc(NC(=O)C2CC2)s1)C(=O)O. The van der Waals surface area contributed by atoms with Gasteiger partial charge in [0.1, 0.15) is 6.04 Å². The molecule has 2 amide bonds. The van der Waals surface area contributed by atoms with Crippen molar-refractivity contribution in [2.75, 3.05) is 5.32 Å². The van der Waals surface area contributed by atoms with Crippen LogP contribution < -0.4 is 10.6 Å². The highest BCUT2D eigenvalue weighted by Gasteiger charge is 2.30. The summed E-state index contributed by atoms with van der Waals surface area (Å²) in [7, 11) is 0. The number of hydrogen-bond acceptors (Lipinski definition) is 4. The normalized spacial score (nSPS) is 15.4. The summed E-state index contributed by atoms with van der Waals surface area (Å²) in [6.07, 6.45) is 2.15. The van der Waals surface area contributed by atoms with Gasteiger partial charge in [-0.1, -0.05) is 6.92 Å². The van der Waals surface area contributed by atoms with E-state index in [1.807, 2.05) is 0 Å². The number of amides is 2. The van der Waals surface area contributed by atoms with Gasteiger partial charge < -0.3 is 15.7 Å². The standard InChI is InChI=1S/C13H16N2O4S/c1-2-8(13(18)19)14-12(17)9-5-6-10(20-9)15-11(16)7-3-4-7/h5-8H,2-4H2,1H3,(H,14,17)(H,15,16)(H,18,19)/t8-/m0/s1. The van der Waals surface area contributed by atoms with Gasteiger partial charge in [0.05, 0.1) is 9.88 Å². The summed E-state index contributed by atoms with van der Waals surface area (Å²) in [6.45, 7) is 1.69. The van der Waals surface area contributed by atoms with Crippen LogP contribution in [0.4, 0.5) is 5.00 Å². The molecule has 1 atom stereocenters. The van der Waals surface area contributed by atoms with Crippen LogP contribution in [0.5, 0.6) is 0 Å². The molecule has 2 rings (SSSR count). The first kappa shape index (κ1) is 14.5. The average molecular weight is 296 g/mol. The van der Waals surface area contributed by atoms with Gasteiger partial charge >= 0.3 is 5.97 Å². The molecule has 1 saturated carbocycles. The van der Waals surface area contributed by atoms with E-state index in [9.17, 15) is 14.4 Å². The van der Waals surface area contributed by atoms with E-state index in [0.29, 0.717) is 16.3 Å². The van der Waals surface area contributed by atoms with Gasteiger partial charge in [0.2, 0.25) is 5.91 Å². The molecule has 108 valence electrons. The van der Waals surface area contributed by atoms with Gasteiger partial charge in [-0.2, -0.15) is 0 Å². The fraction of sp³-hybridized carbons (Fsp3) is 0.462. The van der Waals surface area contributed by atoms with Gasteiger partial charge in [0, 0.05) is 5.92 Å². The van der Waals surface area contributed by atoms with Gasteiger partial charge in [-0.05, 0) is 31.4 Å². The molecule has 1 aliphatic rings. The van der Waals surface area contributed by atoms with Gasteiger partial charge in [-0.15, -0.1) is 11.3 Å². The van der Waals surface area contributed by atoms with Crippen molar-refractivity contribution in [3.05, 3.63) is 17.0 Å². The highest BCUT2D eigenvalue weighted by atomic mass is 32.1. The van der Waals surface area contributed by atoms with Gasteiger partial charge in [0.15, 0.2) is 0 Å². The summed E-state index contributed by atoms with van der Waals surface area (Å²) in [5.74, 6) is -1.41. The Hall–Kier alpha value is -1.89. The number of hydrogen-bond donors (Lipinski definition) is 3. The summed E-state index contributed by atoms with van der Waals surface area (Å²) in [6, 6.07) is 2.34. The number of carboxylic acid groups (broad SMARTS) is 1. The third-order valence-corrected chi connectivity index (χ3v) is 4.04. The molecule has 1 heterocycles. The molecule has 1 aliphatic carbocycles. The fourth-order valence-electron chi connectivity index (χ4n) is 1.66. The minimum Gasteiger partial charge on any atom is -0.480 e. The Kier molecular flexibility index (Phi) is 4.39. The zero-order valence-corrected chi connectivity index (χ0v) is 11.8. The molecule has 0 unspecified atom stereocenters. The first-order valence-electron chi connectivity index (χ1n) is 6.45. The molecular formula is C13H16N2O4S. The lowest BCUT2D eigenvalue weighted by Crippen LogP contribution is -2.39. The van der Waals surface area contributed by atoms with Crippen LogP contribution in [-0.2, 0) is 9.59 Å². The summed E-state index contributed by atoms with van der Waals surface area (Å²) in [5, 5.41) is 14.7. The molecule has 7 heteroatoms. The van der Waals surface area contributed by atoms with Crippen molar-refractivity contribution >= 4 is 34.1 Å². The fourth-order valence-corrected chi connectivity index (χ4v) is 2.48. The van der Waals surface area contributed by atoms with E-state index in [2.05, 4.69) is 10.6 Å². The molecule has 1 aromatic heterocycles. The number of carboxylic acids is 1. The topological polar surface area (TPSA) is 95.5 Å². The highest BCUT2D eigenvalue weighted by Crippen LogP contribution is 2.31. The Morgan fingerprint density at radius 2 is 2.10 bits per heavy atom. The molecule has 1 fully saturated rings. The van der Waals surface area contributed by atoms with E-state index in [1.165, 1.54) is 0 Å². The Labute approximate surface area is 120 Å². The van der Waals surface area contributed by atoms with E-state index in [1.54, 1.807) is 19.1 Å². The maximum Gasteiger partial charge on any atom is 0.326 e. The van der Waals surface area contributed by atoms with Crippen molar-refractivity contribution in [2.45, 2.75) is 32.2 Å². The van der Waals surface area contributed by atoms with E-state index < -0.39 is 17.9 Å². The smallest absolute Gasteiger partial charge is 0.326 e. The van der Waals surface area contributed by atoms with E-state index in [-0.39, 0.29) is 11.8 Å². The Morgan fingerprint density at radius 1 is 1.40 bits per heavy atom. The Bertz CT molecular complexity index is 536. The Morgan fingerprint density at radius 3 is 2.65 bits per heavy atom. The molecule has 0 radical (unpaired) electrons. The maximum atomic E-state index is 11.9. The number of aliphatic carboxylic acids is 1. The van der Waals surface area contributed by atoms with Crippen LogP contribution in [0.1, 0.15) is 35.9 Å². The number of carbonyl (C=O) groups excluding carboxylic acids is 2. The molecule has 0 aromatic carbocycles. The summed E-state index contributed by atoms with van der Waals surface area (Å²) < 4.78 is 0. The van der Waals surface area contributed by atoms with Crippen molar-refractivity contribution in [3.63, 3.8) is 0 Å². The van der Waals surface area contributed by atoms with Crippen molar-refractivity contribution < 1.29 is 19.5 Å². The maximum absolute atomic E-state index is 11.9. The molecule has 0 aliphatic heterocycles. The second-order valence-corrected chi connectivity index (χ2v) is 5.78. The third kappa shape index (κ3) is 3.57. The minimum absolute atomic E-state index is 0.0178. The first-order valence-corrected chi connectivity index (χ1v) is 7.27. The van der Waals surface area contributed by atoms with E-state index >= 15 is 0 Å². The second kappa shape index (κ2) is 6.04. The zero-order chi connectivity index (χ0) is 14.7. The van der Waals surface area contributed by atoms with Crippen molar-refractivity contribution in [1.29, 1.82) is 0 Å². The van der Waals surface area contributed by atoms with Crippen LogP contribution in [-0.4, -0.2) is 28.9 Å².